The van der Waals surface area contributed by atoms with Crippen molar-refractivity contribution in [1.29, 1.82) is 5.26 Å². The highest BCUT2D eigenvalue weighted by Gasteiger charge is 2.26. The topological polar surface area (TPSA) is 115 Å². The molecule has 0 aliphatic heterocycles. The molecular weight excluding hydrogens is 597 g/mol. The van der Waals surface area contributed by atoms with Crippen LogP contribution in [0.5, 0.6) is 11.5 Å². The van der Waals surface area contributed by atoms with E-state index in [1.165, 1.54) is 6.20 Å². The van der Waals surface area contributed by atoms with Gasteiger partial charge >= 0.3 is 0 Å². The molecule has 2 aromatic carbocycles. The van der Waals surface area contributed by atoms with Crippen LogP contribution in [0.1, 0.15) is 35.4 Å². The molecule has 0 spiro atoms. The Hall–Kier alpha value is -1.91. The van der Waals surface area contributed by atoms with Gasteiger partial charge in [-0.15, -0.1) is 11.3 Å². The molecule has 33 heavy (non-hydrogen) atoms. The number of sulfonamides is 1. The third-order valence-corrected chi connectivity index (χ3v) is 7.97. The largest absolute Gasteiger partial charge is 0.490 e. The van der Waals surface area contributed by atoms with Crippen LogP contribution in [0.2, 0.25) is 5.02 Å². The molecule has 0 radical (unpaired) electrons. The van der Waals surface area contributed by atoms with E-state index in [4.69, 9.17) is 26.2 Å². The predicted molar refractivity (Wildman–Crippen MR) is 137 cm³/mol. The van der Waals surface area contributed by atoms with Crippen LogP contribution in [0.15, 0.2) is 46.9 Å². The molecule has 0 aliphatic carbocycles. The first-order chi connectivity index (χ1) is 15.6. The van der Waals surface area contributed by atoms with Crippen molar-refractivity contribution in [3.63, 3.8) is 0 Å². The van der Waals surface area contributed by atoms with E-state index in [-0.39, 0.29) is 10.9 Å². The fourth-order valence-corrected chi connectivity index (χ4v) is 5.13. The summed E-state index contributed by atoms with van der Waals surface area (Å²) in [7, 11) is -3.81. The van der Waals surface area contributed by atoms with Gasteiger partial charge in [-0.05, 0) is 35.4 Å². The van der Waals surface area contributed by atoms with E-state index >= 15 is 0 Å². The van der Waals surface area contributed by atoms with E-state index in [2.05, 4.69) is 33.6 Å². The Bertz CT molecular complexity index is 1290. The fraction of sp³-hybridized carbons (Fsp3) is 0.273. The van der Waals surface area contributed by atoms with Crippen molar-refractivity contribution in [2.24, 2.45) is 5.14 Å². The van der Waals surface area contributed by atoms with Gasteiger partial charge in [-0.3, -0.25) is 0 Å². The number of hydrogen-bond acceptors (Lipinski definition) is 7. The summed E-state index contributed by atoms with van der Waals surface area (Å²) in [6, 6.07) is 13.4. The Balaban J connectivity index is 1.77. The summed E-state index contributed by atoms with van der Waals surface area (Å²) in [6.07, 6.45) is 1.44. The Morgan fingerprint density at radius 1 is 1.21 bits per heavy atom. The van der Waals surface area contributed by atoms with Gasteiger partial charge in [0, 0.05) is 16.0 Å². The summed E-state index contributed by atoms with van der Waals surface area (Å²) < 4.78 is 34.8. The van der Waals surface area contributed by atoms with E-state index < -0.39 is 15.4 Å². The summed E-state index contributed by atoms with van der Waals surface area (Å²) in [5.74, 6) is 1.03. The highest BCUT2D eigenvalue weighted by molar-refractivity contribution is 14.1. The number of halogens is 2. The van der Waals surface area contributed by atoms with Crippen molar-refractivity contribution in [1.82, 2.24) is 4.98 Å². The lowest BCUT2D eigenvalue weighted by Crippen LogP contribution is -2.19. The number of nitrogens with zero attached hydrogens (tertiary/aromatic N) is 2. The molecule has 0 fully saturated rings. The van der Waals surface area contributed by atoms with Crippen LogP contribution >= 0.6 is 45.5 Å². The van der Waals surface area contributed by atoms with Crippen LogP contribution in [0, 0.1) is 11.3 Å². The lowest BCUT2D eigenvalue weighted by atomic mass is 9.77. The minimum Gasteiger partial charge on any atom is -0.490 e. The zero-order valence-electron chi connectivity index (χ0n) is 17.8. The molecule has 2 N–H and O–H groups in total. The molecular formula is C22H21ClIN3O4S2. The van der Waals surface area contributed by atoms with Crippen molar-refractivity contribution in [3.05, 3.63) is 69.2 Å². The highest BCUT2D eigenvalue weighted by Crippen LogP contribution is 2.38. The molecule has 0 saturated heterocycles. The first-order valence-electron chi connectivity index (χ1n) is 9.70. The standard InChI is InChI=1S/C22H21ClIN3O4S2/c1-22(2,16-9-14(11-25)20(19(23)10-16)30-8-7-24)15-3-5-17(6-4-15)31-13-18-12-27-21(32-18)33(26,28)29/h3-6,9-10,12H,7-8,13H2,1-2H3,(H2,26,28,29). The number of primary sulfonamides is 1. The second-order valence-electron chi connectivity index (χ2n) is 7.56. The number of ether oxygens (including phenoxy) is 2. The molecule has 3 aromatic rings. The summed E-state index contributed by atoms with van der Waals surface area (Å²) in [6.45, 7) is 4.75. The van der Waals surface area contributed by atoms with E-state index in [0.29, 0.717) is 33.6 Å². The van der Waals surface area contributed by atoms with Gasteiger partial charge in [-0.1, -0.05) is 60.2 Å². The van der Waals surface area contributed by atoms with Crippen LogP contribution in [0.4, 0.5) is 0 Å². The van der Waals surface area contributed by atoms with Crippen molar-refractivity contribution in [3.8, 4) is 17.6 Å². The van der Waals surface area contributed by atoms with Gasteiger partial charge in [0.1, 0.15) is 18.4 Å². The molecule has 1 aromatic heterocycles. The average Bonchev–Trinajstić information content (AvgIpc) is 3.26. The summed E-state index contributed by atoms with van der Waals surface area (Å²) in [5.41, 5.74) is 1.86. The zero-order chi connectivity index (χ0) is 24.2. The molecule has 0 aliphatic rings. The van der Waals surface area contributed by atoms with Crippen LogP contribution in [-0.4, -0.2) is 24.4 Å². The normalized spacial score (nSPS) is 11.8. The molecule has 11 heteroatoms. The first-order valence-corrected chi connectivity index (χ1v) is 14.0. The van der Waals surface area contributed by atoms with Gasteiger partial charge in [0.2, 0.25) is 4.34 Å². The van der Waals surface area contributed by atoms with Gasteiger partial charge in [-0.2, -0.15) is 5.26 Å². The van der Waals surface area contributed by atoms with E-state index in [1.54, 1.807) is 0 Å². The van der Waals surface area contributed by atoms with E-state index in [0.717, 1.165) is 26.9 Å². The molecule has 0 atom stereocenters. The predicted octanol–water partition coefficient (Wildman–Crippen LogP) is 5.03. The third kappa shape index (κ3) is 6.16. The Labute approximate surface area is 215 Å². The van der Waals surface area contributed by atoms with E-state index in [9.17, 15) is 13.7 Å². The molecule has 174 valence electrons. The number of aromatic nitrogens is 1. The van der Waals surface area contributed by atoms with Gasteiger partial charge in [0.15, 0.2) is 5.75 Å². The zero-order valence-corrected chi connectivity index (χ0v) is 22.4. The SMILES string of the molecule is CC(C)(c1ccc(OCc2cnc(S(N)(=O)=O)s2)cc1)c1cc(Cl)c(OCCI)c(C#N)c1. The molecule has 0 unspecified atom stereocenters. The van der Waals surface area contributed by atoms with Crippen molar-refractivity contribution >= 4 is 55.6 Å². The maximum atomic E-state index is 11.3. The molecule has 7 nitrogen and oxygen atoms in total. The number of benzene rings is 2. The van der Waals surface area contributed by atoms with Gasteiger partial charge in [-0.25, -0.2) is 18.5 Å². The fourth-order valence-electron chi connectivity index (χ4n) is 3.10. The quantitative estimate of drug-likeness (QED) is 0.266. The van der Waals surface area contributed by atoms with Crippen LogP contribution in [-0.2, 0) is 22.0 Å². The van der Waals surface area contributed by atoms with Gasteiger partial charge in [0.25, 0.3) is 10.0 Å². The Morgan fingerprint density at radius 2 is 1.91 bits per heavy atom. The number of thiazole rings is 1. The van der Waals surface area contributed by atoms with Crippen LogP contribution < -0.4 is 14.6 Å². The maximum Gasteiger partial charge on any atom is 0.265 e. The molecule has 0 saturated carbocycles. The highest BCUT2D eigenvalue weighted by atomic mass is 127. The molecule has 3 rings (SSSR count). The average molecular weight is 618 g/mol. The Morgan fingerprint density at radius 3 is 2.48 bits per heavy atom. The Kier molecular flexibility index (Phi) is 8.23. The van der Waals surface area contributed by atoms with Crippen molar-refractivity contribution < 1.29 is 17.9 Å². The molecule has 0 bridgehead atoms. The van der Waals surface area contributed by atoms with Crippen molar-refractivity contribution in [2.75, 3.05) is 11.0 Å². The van der Waals surface area contributed by atoms with Crippen LogP contribution in [0.25, 0.3) is 0 Å². The number of alkyl halides is 1. The van der Waals surface area contributed by atoms with Crippen molar-refractivity contribution in [2.45, 2.75) is 30.2 Å². The summed E-state index contributed by atoms with van der Waals surface area (Å²) in [5, 5.41) is 15.1. The summed E-state index contributed by atoms with van der Waals surface area (Å²) >= 11 is 9.62. The monoisotopic (exact) mass is 617 g/mol. The van der Waals surface area contributed by atoms with Crippen LogP contribution in [0.3, 0.4) is 0 Å². The van der Waals surface area contributed by atoms with Gasteiger partial charge < -0.3 is 9.47 Å². The lowest BCUT2D eigenvalue weighted by molar-refractivity contribution is 0.309. The minimum atomic E-state index is -3.81. The van der Waals surface area contributed by atoms with Gasteiger partial charge in [0.05, 0.1) is 22.1 Å². The number of nitriles is 1. The minimum absolute atomic E-state index is 0.140. The van der Waals surface area contributed by atoms with E-state index in [1.807, 2.05) is 50.2 Å². The number of rotatable bonds is 9. The third-order valence-electron chi connectivity index (χ3n) is 4.94. The molecule has 0 amide bonds. The summed E-state index contributed by atoms with van der Waals surface area (Å²) in [4.78, 5) is 4.45. The number of hydrogen-bond donors (Lipinski definition) is 1. The number of nitrogens with two attached hydrogens (primary N) is 1. The second kappa shape index (κ2) is 10.6. The first kappa shape index (κ1) is 25.7. The maximum absolute atomic E-state index is 11.3. The smallest absolute Gasteiger partial charge is 0.265 e. The molecule has 1 heterocycles. The lowest BCUT2D eigenvalue weighted by Gasteiger charge is -2.27. The second-order valence-corrected chi connectivity index (χ2v) is 11.9.